The lowest BCUT2D eigenvalue weighted by molar-refractivity contribution is -0.199. The van der Waals surface area contributed by atoms with Gasteiger partial charge in [0.15, 0.2) is 0 Å². The molecule has 2 aliphatic heterocycles. The number of carbonyl (C=O) groups is 6. The Morgan fingerprint density at radius 2 is 1.60 bits per heavy atom. The maximum Gasteiger partial charge on any atom is 0.478 e. The molecule has 3 aliphatic carbocycles. The van der Waals surface area contributed by atoms with Crippen molar-refractivity contribution in [1.82, 2.24) is 31.9 Å². The van der Waals surface area contributed by atoms with Crippen LogP contribution in [0.5, 0.6) is 0 Å². The van der Waals surface area contributed by atoms with E-state index in [1.165, 1.54) is 5.56 Å². The van der Waals surface area contributed by atoms with Crippen LogP contribution in [0.2, 0.25) is 0 Å². The predicted molar refractivity (Wildman–Crippen MR) is 219 cm³/mol. The van der Waals surface area contributed by atoms with Gasteiger partial charge in [-0.05, 0) is 104 Å². The normalized spacial score (nSPS) is 27.3. The van der Waals surface area contributed by atoms with Crippen LogP contribution >= 0.6 is 0 Å². The summed E-state index contributed by atoms with van der Waals surface area (Å²) in [4.78, 5) is 78.2. The summed E-state index contributed by atoms with van der Waals surface area (Å²) < 4.78 is 12.7. The van der Waals surface area contributed by atoms with Crippen LogP contribution in [-0.4, -0.2) is 92.4 Å². The fourth-order valence-electron chi connectivity index (χ4n) is 9.05. The molecule has 3 saturated carbocycles. The molecule has 2 heterocycles. The average molecular weight is 799 g/mol. The Bertz CT molecular complexity index is 1820. The van der Waals surface area contributed by atoms with Gasteiger partial charge in [-0.3, -0.25) is 28.8 Å². The minimum atomic E-state index is -1.16. The molecule has 14 nitrogen and oxygen atoms in total. The minimum absolute atomic E-state index is 0.0250. The summed E-state index contributed by atoms with van der Waals surface area (Å²) in [5, 5.41) is 16.1. The lowest BCUT2D eigenvalue weighted by Crippen LogP contribution is -2.65. The molecule has 6 amide bonds. The first-order chi connectivity index (χ1) is 27.8. The number of rotatable bonds is 11. The molecule has 6 N–H and O–H groups in total. The van der Waals surface area contributed by atoms with Gasteiger partial charge in [-0.1, -0.05) is 63.6 Å². The molecule has 58 heavy (non-hydrogen) atoms. The molecule has 2 aromatic rings. The summed E-state index contributed by atoms with van der Waals surface area (Å²) in [5.41, 5.74) is 3.42. The van der Waals surface area contributed by atoms with E-state index >= 15 is 0 Å². The predicted octanol–water partition coefficient (Wildman–Crippen LogP) is 2.98. The third-order valence-electron chi connectivity index (χ3n) is 12.7. The highest BCUT2D eigenvalue weighted by Crippen LogP contribution is 2.65. The molecule has 2 saturated heterocycles. The second-order valence-corrected chi connectivity index (χ2v) is 17.0. The topological polar surface area (TPSA) is 193 Å². The molecule has 312 valence electrons. The Morgan fingerprint density at radius 1 is 0.879 bits per heavy atom. The maximum atomic E-state index is 13.4. The average Bonchev–Trinajstić information content (AvgIpc) is 3.57. The van der Waals surface area contributed by atoms with Crippen molar-refractivity contribution in [2.75, 3.05) is 26.1 Å². The van der Waals surface area contributed by atoms with Gasteiger partial charge in [0.1, 0.15) is 12.1 Å². The number of aryl methyl sites for hydroxylation is 1. The van der Waals surface area contributed by atoms with Gasteiger partial charge in [-0.25, -0.2) is 0 Å². The summed E-state index contributed by atoms with van der Waals surface area (Å²) in [6.45, 7) is 8.31. The summed E-state index contributed by atoms with van der Waals surface area (Å²) in [6, 6.07) is 13.4. The Labute approximate surface area is 341 Å². The SMILES string of the molecule is CCCCc1ccc(-c2ccc(C(=O)NCC(=O)NC3CCC(=O)NCCCCC(C(=O)NCB4O[C@@H]5CC6CC(C6(C)C)[C@]5(C)O4)NC(=O)CNC3=O)cc2)cc1. The zero-order chi connectivity index (χ0) is 41.5. The summed E-state index contributed by atoms with van der Waals surface area (Å²) >= 11 is 0. The van der Waals surface area contributed by atoms with Crippen LogP contribution in [0.3, 0.4) is 0 Å². The van der Waals surface area contributed by atoms with Crippen molar-refractivity contribution in [1.29, 1.82) is 0 Å². The van der Waals surface area contributed by atoms with Gasteiger partial charge in [-0.15, -0.1) is 0 Å². The Morgan fingerprint density at radius 3 is 2.31 bits per heavy atom. The van der Waals surface area contributed by atoms with Gasteiger partial charge < -0.3 is 41.2 Å². The molecule has 0 aromatic heterocycles. The minimum Gasteiger partial charge on any atom is -0.404 e. The summed E-state index contributed by atoms with van der Waals surface area (Å²) in [6.07, 6.45) is 6.79. The smallest absolute Gasteiger partial charge is 0.404 e. The molecular weight excluding hydrogens is 739 g/mol. The number of nitrogens with one attached hydrogen (secondary N) is 6. The molecule has 0 spiro atoms. The highest BCUT2D eigenvalue weighted by atomic mass is 16.7. The van der Waals surface area contributed by atoms with Crippen molar-refractivity contribution < 1.29 is 38.1 Å². The molecule has 5 aliphatic rings. The lowest BCUT2D eigenvalue weighted by atomic mass is 9.43. The highest BCUT2D eigenvalue weighted by Gasteiger charge is 2.67. The molecule has 5 fully saturated rings. The van der Waals surface area contributed by atoms with Crippen LogP contribution in [0.25, 0.3) is 11.1 Å². The van der Waals surface area contributed by atoms with Crippen molar-refractivity contribution in [2.24, 2.45) is 17.3 Å². The van der Waals surface area contributed by atoms with E-state index in [1.54, 1.807) is 12.1 Å². The van der Waals surface area contributed by atoms with Gasteiger partial charge in [0, 0.05) is 18.5 Å². The van der Waals surface area contributed by atoms with Crippen LogP contribution in [0.15, 0.2) is 48.5 Å². The van der Waals surface area contributed by atoms with E-state index < -0.39 is 67.4 Å². The van der Waals surface area contributed by atoms with E-state index in [1.807, 2.05) is 12.1 Å². The molecule has 2 bridgehead atoms. The van der Waals surface area contributed by atoms with E-state index in [0.29, 0.717) is 43.2 Å². The molecule has 4 unspecified atom stereocenters. The highest BCUT2D eigenvalue weighted by molar-refractivity contribution is 6.46. The molecule has 0 radical (unpaired) electrons. The van der Waals surface area contributed by atoms with Crippen molar-refractivity contribution in [2.45, 2.75) is 116 Å². The second-order valence-electron chi connectivity index (χ2n) is 17.0. The number of hydrogen-bond donors (Lipinski definition) is 6. The standard InChI is InChI=1S/C43H59BN6O8/c1-5-6-9-27-11-13-28(14-12-27)29-15-17-30(18-16-29)39(54)46-24-37(52)50-33-19-20-36(51)45-21-8-7-10-32(49-38(53)25-47-40(33)55)41(56)48-26-44-57-35-23-31-22-34(42(31,2)3)43(35,4)58-44/h11-18,31-35H,5-10,19-26H2,1-4H3,(H,45,51)(H,46,54)(H,47,55)(H,48,56)(H,49,53)(H,50,52)/t31?,32?,33?,34?,35-,43+/m1/s1. The van der Waals surface area contributed by atoms with Crippen LogP contribution < -0.4 is 31.9 Å². The number of carbonyl (C=O) groups excluding carboxylic acids is 6. The van der Waals surface area contributed by atoms with Crippen LogP contribution in [0, 0.1) is 17.3 Å². The first-order valence-electron chi connectivity index (χ1n) is 21.0. The third kappa shape index (κ3) is 10.3. The van der Waals surface area contributed by atoms with E-state index in [0.717, 1.165) is 43.2 Å². The van der Waals surface area contributed by atoms with Crippen molar-refractivity contribution in [3.63, 3.8) is 0 Å². The molecule has 7 rings (SSSR count). The van der Waals surface area contributed by atoms with Crippen molar-refractivity contribution >= 4 is 42.6 Å². The number of unbranched alkanes of at least 4 members (excludes halogenated alkanes) is 1. The van der Waals surface area contributed by atoms with E-state index in [-0.39, 0.29) is 36.7 Å². The van der Waals surface area contributed by atoms with Crippen LogP contribution in [-0.2, 0) is 39.7 Å². The maximum absolute atomic E-state index is 13.4. The fraction of sp³-hybridized carbons (Fsp3) is 0.581. The van der Waals surface area contributed by atoms with Gasteiger partial charge in [0.05, 0.1) is 31.2 Å². The lowest BCUT2D eigenvalue weighted by Gasteiger charge is -2.64. The Balaban J connectivity index is 0.977. The van der Waals surface area contributed by atoms with Gasteiger partial charge in [-0.2, -0.15) is 0 Å². The zero-order valence-electron chi connectivity index (χ0n) is 34.2. The first kappa shape index (κ1) is 42.8. The fourth-order valence-corrected chi connectivity index (χ4v) is 9.05. The molecule has 2 aromatic carbocycles. The number of hydrogen-bond acceptors (Lipinski definition) is 8. The number of amides is 6. The van der Waals surface area contributed by atoms with Gasteiger partial charge in [0.25, 0.3) is 5.91 Å². The molecule has 15 heteroatoms. The Kier molecular flexibility index (Phi) is 13.9. The summed E-state index contributed by atoms with van der Waals surface area (Å²) in [7, 11) is -0.600. The molecule has 6 atom stereocenters. The van der Waals surface area contributed by atoms with Crippen LogP contribution in [0.4, 0.5) is 0 Å². The number of benzene rings is 2. The summed E-state index contributed by atoms with van der Waals surface area (Å²) in [5.74, 6) is -2.10. The zero-order valence-corrected chi connectivity index (χ0v) is 34.2. The largest absolute Gasteiger partial charge is 0.478 e. The third-order valence-corrected chi connectivity index (χ3v) is 12.7. The van der Waals surface area contributed by atoms with Crippen molar-refractivity contribution in [3.8, 4) is 11.1 Å². The van der Waals surface area contributed by atoms with E-state index in [9.17, 15) is 28.8 Å². The molecular formula is C43H59BN6O8. The van der Waals surface area contributed by atoms with Crippen LogP contribution in [0.1, 0.15) is 101 Å². The second kappa shape index (κ2) is 18.9. The van der Waals surface area contributed by atoms with E-state index in [4.69, 9.17) is 9.31 Å². The van der Waals surface area contributed by atoms with Gasteiger partial charge >= 0.3 is 7.12 Å². The first-order valence-corrected chi connectivity index (χ1v) is 21.0. The monoisotopic (exact) mass is 798 g/mol. The van der Waals surface area contributed by atoms with Crippen molar-refractivity contribution in [3.05, 3.63) is 59.7 Å². The van der Waals surface area contributed by atoms with E-state index in [2.05, 4.69) is 83.9 Å². The quantitative estimate of drug-likeness (QED) is 0.187. The Hall–Kier alpha value is -4.76. The van der Waals surface area contributed by atoms with Gasteiger partial charge in [0.2, 0.25) is 29.5 Å².